The third-order valence-corrected chi connectivity index (χ3v) is 4.56. The number of aromatic carboxylic acids is 1. The first-order valence-corrected chi connectivity index (χ1v) is 9.05. The molecule has 0 atom stereocenters. The fraction of sp³-hybridized carbons (Fsp3) is 0.409. The van der Waals surface area contributed by atoms with E-state index in [0.717, 1.165) is 23.1 Å². The highest BCUT2D eigenvalue weighted by atomic mass is 16.4. The zero-order valence-corrected chi connectivity index (χ0v) is 14.8. The third-order valence-electron chi connectivity index (χ3n) is 4.56. The maximum absolute atomic E-state index is 11.1. The molecule has 2 aromatic carbocycles. The molecule has 0 saturated heterocycles. The summed E-state index contributed by atoms with van der Waals surface area (Å²) in [7, 11) is 0. The molecule has 2 rings (SSSR count). The van der Waals surface area contributed by atoms with E-state index in [0.29, 0.717) is 5.56 Å². The molecule has 0 aliphatic carbocycles. The Balaban J connectivity index is 1.92. The van der Waals surface area contributed by atoms with Crippen LogP contribution in [0.4, 0.5) is 0 Å². The Morgan fingerprint density at radius 3 is 2.12 bits per heavy atom. The number of unbranched alkanes of at least 4 members (excludes halogenated alkanes) is 5. The lowest BCUT2D eigenvalue weighted by Crippen LogP contribution is -1.99. The normalized spacial score (nSPS) is 10.8. The zero-order chi connectivity index (χ0) is 17.4. The molecular formula is C22H28O2. The first kappa shape index (κ1) is 18.3. The molecule has 1 N–H and O–H groups in total. The van der Waals surface area contributed by atoms with Crippen molar-refractivity contribution < 1.29 is 9.90 Å². The van der Waals surface area contributed by atoms with E-state index < -0.39 is 5.97 Å². The minimum atomic E-state index is -0.867. The van der Waals surface area contributed by atoms with E-state index in [1.165, 1.54) is 44.1 Å². The highest BCUT2D eigenvalue weighted by Crippen LogP contribution is 2.23. The SMILES string of the molecule is CCCCCCCCc1ccc(-c2ccc(C(=O)O)c(C)c2)cc1. The molecule has 0 heterocycles. The quantitative estimate of drug-likeness (QED) is 0.552. The van der Waals surface area contributed by atoms with E-state index in [9.17, 15) is 4.79 Å². The summed E-state index contributed by atoms with van der Waals surface area (Å²) in [5, 5.41) is 9.11. The van der Waals surface area contributed by atoms with Gasteiger partial charge in [0, 0.05) is 0 Å². The van der Waals surface area contributed by atoms with Gasteiger partial charge < -0.3 is 5.11 Å². The predicted molar refractivity (Wildman–Crippen MR) is 101 cm³/mol. The molecule has 24 heavy (non-hydrogen) atoms. The van der Waals surface area contributed by atoms with Crippen molar-refractivity contribution in [3.63, 3.8) is 0 Å². The van der Waals surface area contributed by atoms with Crippen LogP contribution in [0.5, 0.6) is 0 Å². The minimum Gasteiger partial charge on any atom is -0.478 e. The minimum absolute atomic E-state index is 0.374. The summed E-state index contributed by atoms with van der Waals surface area (Å²) >= 11 is 0. The largest absolute Gasteiger partial charge is 0.478 e. The van der Waals surface area contributed by atoms with Gasteiger partial charge in [-0.15, -0.1) is 0 Å². The number of hydrogen-bond donors (Lipinski definition) is 1. The molecule has 0 aliphatic heterocycles. The van der Waals surface area contributed by atoms with Gasteiger partial charge in [-0.3, -0.25) is 0 Å². The second-order valence-electron chi connectivity index (χ2n) is 6.55. The van der Waals surface area contributed by atoms with Crippen molar-refractivity contribution in [2.75, 3.05) is 0 Å². The monoisotopic (exact) mass is 324 g/mol. The van der Waals surface area contributed by atoms with Crippen LogP contribution in [0.3, 0.4) is 0 Å². The zero-order valence-electron chi connectivity index (χ0n) is 14.8. The van der Waals surface area contributed by atoms with Crippen molar-refractivity contribution >= 4 is 5.97 Å². The summed E-state index contributed by atoms with van der Waals surface area (Å²) in [6.45, 7) is 4.10. The van der Waals surface area contributed by atoms with Crippen LogP contribution >= 0.6 is 0 Å². The van der Waals surface area contributed by atoms with Crippen molar-refractivity contribution in [2.24, 2.45) is 0 Å². The smallest absolute Gasteiger partial charge is 0.335 e. The molecule has 0 saturated carbocycles. The molecule has 0 aromatic heterocycles. The highest BCUT2D eigenvalue weighted by Gasteiger charge is 2.08. The lowest BCUT2D eigenvalue weighted by atomic mass is 9.98. The van der Waals surface area contributed by atoms with Crippen LogP contribution in [0.1, 0.15) is 66.9 Å². The van der Waals surface area contributed by atoms with Crippen LogP contribution < -0.4 is 0 Å². The van der Waals surface area contributed by atoms with Gasteiger partial charge in [-0.1, -0.05) is 75.4 Å². The number of hydrogen-bond acceptors (Lipinski definition) is 1. The van der Waals surface area contributed by atoms with Crippen molar-refractivity contribution in [1.29, 1.82) is 0 Å². The first-order valence-electron chi connectivity index (χ1n) is 9.05. The molecule has 0 aliphatic rings. The van der Waals surface area contributed by atoms with E-state index >= 15 is 0 Å². The molecule has 0 spiro atoms. The van der Waals surface area contributed by atoms with Gasteiger partial charge in [0.2, 0.25) is 0 Å². The molecule has 0 unspecified atom stereocenters. The second-order valence-corrected chi connectivity index (χ2v) is 6.55. The third kappa shape index (κ3) is 5.23. The van der Waals surface area contributed by atoms with Crippen molar-refractivity contribution in [2.45, 2.75) is 58.8 Å². The number of benzene rings is 2. The molecule has 2 heteroatoms. The Morgan fingerprint density at radius 2 is 1.50 bits per heavy atom. The first-order chi connectivity index (χ1) is 11.6. The molecule has 2 nitrogen and oxygen atoms in total. The predicted octanol–water partition coefficient (Wildman–Crippen LogP) is 6.26. The summed E-state index contributed by atoms with van der Waals surface area (Å²) in [5.41, 5.74) is 4.77. The molecular weight excluding hydrogens is 296 g/mol. The standard InChI is InChI=1S/C22H28O2/c1-3-4-5-6-7-8-9-18-10-12-19(13-11-18)20-14-15-21(22(23)24)17(2)16-20/h10-16H,3-9H2,1-2H3,(H,23,24). The van der Waals surface area contributed by atoms with E-state index in [1.54, 1.807) is 6.07 Å². The van der Waals surface area contributed by atoms with Gasteiger partial charge in [0.05, 0.1) is 5.56 Å². The summed E-state index contributed by atoms with van der Waals surface area (Å²) < 4.78 is 0. The summed E-state index contributed by atoms with van der Waals surface area (Å²) in [5.74, 6) is -0.867. The van der Waals surface area contributed by atoms with Crippen LogP contribution in [0.2, 0.25) is 0 Å². The van der Waals surface area contributed by atoms with Crippen molar-refractivity contribution in [1.82, 2.24) is 0 Å². The topological polar surface area (TPSA) is 37.3 Å². The Kier molecular flexibility index (Phi) is 7.05. The average molecular weight is 324 g/mol. The van der Waals surface area contributed by atoms with Crippen LogP contribution in [-0.2, 0) is 6.42 Å². The maximum Gasteiger partial charge on any atom is 0.335 e. The van der Waals surface area contributed by atoms with E-state index in [1.807, 2.05) is 19.1 Å². The molecule has 0 bridgehead atoms. The number of carbonyl (C=O) groups is 1. The average Bonchev–Trinajstić information content (AvgIpc) is 2.58. The molecule has 0 fully saturated rings. The van der Waals surface area contributed by atoms with Gasteiger partial charge in [-0.25, -0.2) is 4.79 Å². The summed E-state index contributed by atoms with van der Waals surface area (Å²) in [6, 6.07) is 14.2. The fourth-order valence-electron chi connectivity index (χ4n) is 3.06. The van der Waals surface area contributed by atoms with Crippen molar-refractivity contribution in [3.8, 4) is 11.1 Å². The van der Waals surface area contributed by atoms with Gasteiger partial charge in [0.1, 0.15) is 0 Å². The Labute approximate surface area is 145 Å². The number of aryl methyl sites for hydroxylation is 2. The van der Waals surface area contributed by atoms with E-state index in [2.05, 4.69) is 31.2 Å². The Bertz CT molecular complexity index is 656. The van der Waals surface area contributed by atoms with Crippen molar-refractivity contribution in [3.05, 3.63) is 59.2 Å². The summed E-state index contributed by atoms with van der Waals surface area (Å²) in [6.07, 6.45) is 9.09. The maximum atomic E-state index is 11.1. The lowest BCUT2D eigenvalue weighted by molar-refractivity contribution is 0.0696. The lowest BCUT2D eigenvalue weighted by Gasteiger charge is -2.07. The molecule has 2 aromatic rings. The van der Waals surface area contributed by atoms with Crippen LogP contribution in [-0.4, -0.2) is 11.1 Å². The molecule has 0 radical (unpaired) electrons. The van der Waals surface area contributed by atoms with Crippen LogP contribution in [0.15, 0.2) is 42.5 Å². The molecule has 128 valence electrons. The van der Waals surface area contributed by atoms with Crippen LogP contribution in [0, 0.1) is 6.92 Å². The summed E-state index contributed by atoms with van der Waals surface area (Å²) in [4.78, 5) is 11.1. The van der Waals surface area contributed by atoms with Gasteiger partial charge in [-0.2, -0.15) is 0 Å². The fourth-order valence-corrected chi connectivity index (χ4v) is 3.06. The van der Waals surface area contributed by atoms with Gasteiger partial charge >= 0.3 is 5.97 Å². The number of carboxylic acid groups (broad SMARTS) is 1. The molecule has 0 amide bonds. The van der Waals surface area contributed by atoms with Gasteiger partial charge in [0.15, 0.2) is 0 Å². The second kappa shape index (κ2) is 9.27. The Hall–Kier alpha value is -2.09. The van der Waals surface area contributed by atoms with E-state index in [-0.39, 0.29) is 0 Å². The number of carboxylic acids is 1. The van der Waals surface area contributed by atoms with Crippen LogP contribution in [0.25, 0.3) is 11.1 Å². The van der Waals surface area contributed by atoms with E-state index in [4.69, 9.17) is 5.11 Å². The van der Waals surface area contributed by atoms with Gasteiger partial charge in [0.25, 0.3) is 0 Å². The van der Waals surface area contributed by atoms with Gasteiger partial charge in [-0.05, 0) is 48.1 Å². The Morgan fingerprint density at radius 1 is 0.875 bits per heavy atom. The highest BCUT2D eigenvalue weighted by molar-refractivity contribution is 5.90. The number of rotatable bonds is 9.